The average Bonchev–Trinajstić information content (AvgIpc) is 3.56. The standard InChI is InChI=1S/C27H39N3O2/c1-6-21(4)29(26(31)19-30(22(5)7-2)27(32)23-14-15-23)18-25-13-10-16-28(25)17-24-12-9-8-11-20(24)3/h8-13,16,21-23H,6-7,14-15,17-19H2,1-5H3/t21-,22-/m1/s1. The summed E-state index contributed by atoms with van der Waals surface area (Å²) in [7, 11) is 0. The fraction of sp³-hybridized carbons (Fsp3) is 0.556. The van der Waals surface area contributed by atoms with E-state index >= 15 is 0 Å². The number of hydrogen-bond acceptors (Lipinski definition) is 2. The maximum Gasteiger partial charge on any atom is 0.242 e. The van der Waals surface area contributed by atoms with Crippen LogP contribution >= 0.6 is 0 Å². The molecule has 1 aliphatic carbocycles. The molecule has 0 saturated heterocycles. The van der Waals surface area contributed by atoms with Gasteiger partial charge < -0.3 is 14.4 Å². The van der Waals surface area contributed by atoms with Gasteiger partial charge in [-0.15, -0.1) is 0 Å². The van der Waals surface area contributed by atoms with E-state index in [2.05, 4.69) is 81.8 Å². The zero-order chi connectivity index (χ0) is 23.3. The molecular formula is C27H39N3O2. The number of amides is 2. The molecule has 0 aliphatic heterocycles. The van der Waals surface area contributed by atoms with Gasteiger partial charge in [-0.2, -0.15) is 0 Å². The highest BCUT2D eigenvalue weighted by atomic mass is 16.2. The molecule has 5 nitrogen and oxygen atoms in total. The number of benzene rings is 1. The van der Waals surface area contributed by atoms with Gasteiger partial charge >= 0.3 is 0 Å². The predicted molar refractivity (Wildman–Crippen MR) is 129 cm³/mol. The first kappa shape index (κ1) is 24.1. The zero-order valence-corrected chi connectivity index (χ0v) is 20.4. The van der Waals surface area contributed by atoms with Gasteiger partial charge in [0.2, 0.25) is 11.8 Å². The summed E-state index contributed by atoms with van der Waals surface area (Å²) >= 11 is 0. The van der Waals surface area contributed by atoms with Crippen molar-refractivity contribution in [2.45, 2.75) is 85.5 Å². The van der Waals surface area contributed by atoms with E-state index in [0.717, 1.165) is 37.9 Å². The summed E-state index contributed by atoms with van der Waals surface area (Å²) in [4.78, 5) is 30.1. The Bertz CT molecular complexity index is 915. The maximum atomic E-state index is 13.5. The molecular weight excluding hydrogens is 398 g/mol. The fourth-order valence-corrected chi connectivity index (χ4v) is 4.08. The van der Waals surface area contributed by atoms with Gasteiger partial charge in [-0.1, -0.05) is 38.1 Å². The van der Waals surface area contributed by atoms with Crippen LogP contribution in [0.2, 0.25) is 0 Å². The third-order valence-electron chi connectivity index (χ3n) is 6.94. The smallest absolute Gasteiger partial charge is 0.242 e. The molecule has 1 aromatic heterocycles. The third-order valence-corrected chi connectivity index (χ3v) is 6.94. The van der Waals surface area contributed by atoms with Crippen molar-refractivity contribution in [1.82, 2.24) is 14.4 Å². The van der Waals surface area contributed by atoms with Gasteiger partial charge in [-0.05, 0) is 69.7 Å². The second-order valence-corrected chi connectivity index (χ2v) is 9.33. The van der Waals surface area contributed by atoms with E-state index in [1.165, 1.54) is 11.1 Å². The lowest BCUT2D eigenvalue weighted by Gasteiger charge is -2.34. The minimum absolute atomic E-state index is 0.0392. The van der Waals surface area contributed by atoms with Crippen molar-refractivity contribution in [3.63, 3.8) is 0 Å². The van der Waals surface area contributed by atoms with Crippen LogP contribution < -0.4 is 0 Å². The molecule has 1 heterocycles. The van der Waals surface area contributed by atoms with Gasteiger partial charge in [0.05, 0.1) is 6.54 Å². The van der Waals surface area contributed by atoms with Crippen LogP contribution in [0.25, 0.3) is 0 Å². The SMILES string of the molecule is CC[C@@H](C)N(Cc1cccn1Cc1ccccc1C)C(=O)CN(C(=O)C1CC1)[C@H](C)CC. The highest BCUT2D eigenvalue weighted by Gasteiger charge is 2.36. The minimum atomic E-state index is 0.0392. The largest absolute Gasteiger partial charge is 0.345 e. The van der Waals surface area contributed by atoms with Crippen molar-refractivity contribution in [1.29, 1.82) is 0 Å². The van der Waals surface area contributed by atoms with Crippen molar-refractivity contribution in [3.05, 3.63) is 59.4 Å². The van der Waals surface area contributed by atoms with Crippen LogP contribution in [0.15, 0.2) is 42.6 Å². The summed E-state index contributed by atoms with van der Waals surface area (Å²) in [5.41, 5.74) is 3.67. The van der Waals surface area contributed by atoms with Gasteiger partial charge in [0.1, 0.15) is 6.54 Å². The molecule has 1 aromatic carbocycles. The molecule has 0 radical (unpaired) electrons. The van der Waals surface area contributed by atoms with E-state index in [1.807, 2.05) is 9.80 Å². The second-order valence-electron chi connectivity index (χ2n) is 9.33. The Morgan fingerprint density at radius 2 is 1.66 bits per heavy atom. The lowest BCUT2D eigenvalue weighted by Crippen LogP contribution is -2.49. The van der Waals surface area contributed by atoms with E-state index in [0.29, 0.717) is 6.54 Å². The Balaban J connectivity index is 1.77. The Hall–Kier alpha value is -2.56. The van der Waals surface area contributed by atoms with Crippen LogP contribution in [0.3, 0.4) is 0 Å². The van der Waals surface area contributed by atoms with Crippen LogP contribution in [0.4, 0.5) is 0 Å². The topological polar surface area (TPSA) is 45.6 Å². The van der Waals surface area contributed by atoms with Crippen LogP contribution in [-0.2, 0) is 22.7 Å². The summed E-state index contributed by atoms with van der Waals surface area (Å²) in [5, 5.41) is 0. The molecule has 1 aliphatic rings. The lowest BCUT2D eigenvalue weighted by atomic mass is 10.1. The molecule has 0 bridgehead atoms. The molecule has 32 heavy (non-hydrogen) atoms. The van der Waals surface area contributed by atoms with E-state index in [4.69, 9.17) is 0 Å². The molecule has 1 fully saturated rings. The van der Waals surface area contributed by atoms with Gasteiger partial charge in [0.15, 0.2) is 0 Å². The average molecular weight is 438 g/mol. The highest BCUT2D eigenvalue weighted by molar-refractivity contribution is 5.87. The number of aromatic nitrogens is 1. The van der Waals surface area contributed by atoms with Crippen molar-refractivity contribution in [2.75, 3.05) is 6.54 Å². The number of aryl methyl sites for hydroxylation is 1. The van der Waals surface area contributed by atoms with E-state index in [-0.39, 0.29) is 36.4 Å². The van der Waals surface area contributed by atoms with E-state index in [9.17, 15) is 9.59 Å². The van der Waals surface area contributed by atoms with Crippen LogP contribution in [0.1, 0.15) is 70.2 Å². The number of carbonyl (C=O) groups excluding carboxylic acids is 2. The molecule has 2 aromatic rings. The summed E-state index contributed by atoms with van der Waals surface area (Å²) in [6, 6.07) is 12.8. The molecule has 3 rings (SSSR count). The van der Waals surface area contributed by atoms with E-state index in [1.54, 1.807) is 0 Å². The fourth-order valence-electron chi connectivity index (χ4n) is 4.08. The Labute approximate surface area is 193 Å². The van der Waals surface area contributed by atoms with Gasteiger partial charge in [-0.3, -0.25) is 9.59 Å². The lowest BCUT2D eigenvalue weighted by molar-refractivity contribution is -0.144. The number of hydrogen-bond donors (Lipinski definition) is 0. The first-order valence-electron chi connectivity index (χ1n) is 12.1. The Kier molecular flexibility index (Phi) is 8.16. The highest BCUT2D eigenvalue weighted by Crippen LogP contribution is 2.32. The van der Waals surface area contributed by atoms with Gasteiger partial charge in [0, 0.05) is 36.4 Å². The Morgan fingerprint density at radius 3 is 2.28 bits per heavy atom. The monoisotopic (exact) mass is 437 g/mol. The maximum absolute atomic E-state index is 13.5. The van der Waals surface area contributed by atoms with Crippen molar-refractivity contribution in [2.24, 2.45) is 5.92 Å². The van der Waals surface area contributed by atoms with Crippen molar-refractivity contribution in [3.8, 4) is 0 Å². The summed E-state index contributed by atoms with van der Waals surface area (Å²) in [6.45, 7) is 12.0. The number of rotatable bonds is 11. The van der Waals surface area contributed by atoms with E-state index < -0.39 is 0 Å². The molecule has 2 atom stereocenters. The zero-order valence-electron chi connectivity index (χ0n) is 20.4. The van der Waals surface area contributed by atoms with Crippen LogP contribution in [0, 0.1) is 12.8 Å². The molecule has 5 heteroatoms. The molecule has 174 valence electrons. The van der Waals surface area contributed by atoms with Crippen LogP contribution in [-0.4, -0.2) is 44.8 Å². The Morgan fingerprint density at radius 1 is 1.00 bits per heavy atom. The summed E-state index contributed by atoms with van der Waals surface area (Å²) in [6.07, 6.45) is 5.74. The summed E-state index contributed by atoms with van der Waals surface area (Å²) < 4.78 is 2.23. The van der Waals surface area contributed by atoms with Gasteiger partial charge in [0.25, 0.3) is 0 Å². The van der Waals surface area contributed by atoms with Crippen molar-refractivity contribution < 1.29 is 9.59 Å². The van der Waals surface area contributed by atoms with Crippen molar-refractivity contribution >= 4 is 11.8 Å². The first-order valence-corrected chi connectivity index (χ1v) is 12.1. The molecule has 0 unspecified atom stereocenters. The summed E-state index contributed by atoms with van der Waals surface area (Å²) in [5.74, 6) is 0.317. The quantitative estimate of drug-likeness (QED) is 0.496. The second kappa shape index (κ2) is 10.8. The molecule has 0 spiro atoms. The normalized spacial score (nSPS) is 15.3. The molecule has 1 saturated carbocycles. The molecule has 2 amide bonds. The minimum Gasteiger partial charge on any atom is -0.345 e. The third kappa shape index (κ3) is 5.81. The van der Waals surface area contributed by atoms with Gasteiger partial charge in [-0.25, -0.2) is 0 Å². The van der Waals surface area contributed by atoms with Crippen LogP contribution in [0.5, 0.6) is 0 Å². The number of carbonyl (C=O) groups is 2. The molecule has 0 N–H and O–H groups in total. The predicted octanol–water partition coefficient (Wildman–Crippen LogP) is 5.01. The first-order chi connectivity index (χ1) is 15.3. The number of nitrogens with zero attached hydrogens (tertiary/aromatic N) is 3.